The van der Waals surface area contributed by atoms with E-state index in [0.717, 1.165) is 24.3 Å². The van der Waals surface area contributed by atoms with Crippen molar-refractivity contribution >= 4 is 5.95 Å². The Morgan fingerprint density at radius 2 is 2.22 bits per heavy atom. The number of anilines is 1. The van der Waals surface area contributed by atoms with Gasteiger partial charge in [0.2, 0.25) is 5.95 Å². The molecule has 1 aliphatic carbocycles. The highest BCUT2D eigenvalue weighted by Gasteiger charge is 2.31. The molecule has 3 nitrogen and oxygen atoms in total. The van der Waals surface area contributed by atoms with Crippen molar-refractivity contribution in [2.24, 2.45) is 11.8 Å². The molecule has 1 fully saturated rings. The van der Waals surface area contributed by atoms with Gasteiger partial charge in [-0.15, -0.1) is 0 Å². The van der Waals surface area contributed by atoms with Gasteiger partial charge in [0.25, 0.3) is 0 Å². The second kappa shape index (κ2) is 6.26. The lowest BCUT2D eigenvalue weighted by Gasteiger charge is -2.22. The molecule has 0 spiro atoms. The van der Waals surface area contributed by atoms with Crippen molar-refractivity contribution in [2.45, 2.75) is 65.5 Å². The maximum absolute atomic E-state index is 4.47. The first-order valence-electron chi connectivity index (χ1n) is 7.53. The molecule has 1 aliphatic rings. The molecule has 0 bridgehead atoms. The maximum atomic E-state index is 4.47. The SMILES string of the molecule is CCCCn1ccnc1NC1CCC(CC)C1C. The average Bonchev–Trinajstić information content (AvgIpc) is 2.95. The van der Waals surface area contributed by atoms with Crippen LogP contribution < -0.4 is 5.32 Å². The molecule has 2 rings (SSSR count). The summed E-state index contributed by atoms with van der Waals surface area (Å²) >= 11 is 0. The molecular formula is C15H27N3. The summed E-state index contributed by atoms with van der Waals surface area (Å²) in [5.41, 5.74) is 0. The highest BCUT2D eigenvalue weighted by molar-refractivity contribution is 5.28. The highest BCUT2D eigenvalue weighted by atomic mass is 15.2. The summed E-state index contributed by atoms with van der Waals surface area (Å²) in [4.78, 5) is 4.47. The van der Waals surface area contributed by atoms with Crippen LogP contribution in [0.1, 0.15) is 52.9 Å². The zero-order valence-corrected chi connectivity index (χ0v) is 12.0. The van der Waals surface area contributed by atoms with E-state index in [1.807, 2.05) is 6.20 Å². The van der Waals surface area contributed by atoms with E-state index in [-0.39, 0.29) is 0 Å². The summed E-state index contributed by atoms with van der Waals surface area (Å²) < 4.78 is 2.26. The average molecular weight is 249 g/mol. The van der Waals surface area contributed by atoms with Crippen molar-refractivity contribution in [3.63, 3.8) is 0 Å². The van der Waals surface area contributed by atoms with Crippen LogP contribution in [0, 0.1) is 11.8 Å². The standard InChI is InChI=1S/C15H27N3/c1-4-6-10-18-11-9-16-15(18)17-14-8-7-13(5-2)12(14)3/h9,11-14H,4-8,10H2,1-3H3,(H,16,17). The second-order valence-corrected chi connectivity index (χ2v) is 5.65. The Labute approximate surface area is 111 Å². The Hall–Kier alpha value is -0.990. The van der Waals surface area contributed by atoms with Gasteiger partial charge in [-0.25, -0.2) is 4.98 Å². The third kappa shape index (κ3) is 2.88. The predicted octanol–water partition coefficient (Wildman–Crippen LogP) is 3.92. The van der Waals surface area contributed by atoms with Gasteiger partial charge in [0.1, 0.15) is 0 Å². The molecule has 0 aliphatic heterocycles. The topological polar surface area (TPSA) is 29.9 Å². The van der Waals surface area contributed by atoms with E-state index in [9.17, 15) is 0 Å². The first-order valence-corrected chi connectivity index (χ1v) is 7.53. The molecular weight excluding hydrogens is 222 g/mol. The van der Waals surface area contributed by atoms with Crippen LogP contribution in [0.15, 0.2) is 12.4 Å². The van der Waals surface area contributed by atoms with Gasteiger partial charge in [0, 0.05) is 25.0 Å². The first-order chi connectivity index (χ1) is 8.76. The summed E-state index contributed by atoms with van der Waals surface area (Å²) in [7, 11) is 0. The van der Waals surface area contributed by atoms with Gasteiger partial charge in [0.15, 0.2) is 0 Å². The number of rotatable bonds is 6. The van der Waals surface area contributed by atoms with Crippen LogP contribution in [0.2, 0.25) is 0 Å². The van der Waals surface area contributed by atoms with Crippen molar-refractivity contribution in [1.82, 2.24) is 9.55 Å². The summed E-state index contributed by atoms with van der Waals surface area (Å²) in [5, 5.41) is 3.66. The molecule has 1 saturated carbocycles. The lowest BCUT2D eigenvalue weighted by atomic mass is 9.94. The number of hydrogen-bond donors (Lipinski definition) is 1. The Morgan fingerprint density at radius 1 is 1.39 bits per heavy atom. The Balaban J connectivity index is 1.95. The highest BCUT2D eigenvalue weighted by Crippen LogP contribution is 2.35. The fourth-order valence-corrected chi connectivity index (χ4v) is 3.15. The van der Waals surface area contributed by atoms with Crippen molar-refractivity contribution < 1.29 is 0 Å². The molecule has 0 radical (unpaired) electrons. The number of nitrogens with zero attached hydrogens (tertiary/aromatic N) is 2. The van der Waals surface area contributed by atoms with Crippen LogP contribution in [0.4, 0.5) is 5.95 Å². The van der Waals surface area contributed by atoms with E-state index >= 15 is 0 Å². The Kier molecular flexibility index (Phi) is 4.67. The van der Waals surface area contributed by atoms with Gasteiger partial charge >= 0.3 is 0 Å². The molecule has 1 aromatic heterocycles. The van der Waals surface area contributed by atoms with E-state index in [0.29, 0.717) is 6.04 Å². The molecule has 0 amide bonds. The predicted molar refractivity (Wildman–Crippen MR) is 76.7 cm³/mol. The van der Waals surface area contributed by atoms with E-state index in [2.05, 4.69) is 41.8 Å². The van der Waals surface area contributed by atoms with Gasteiger partial charge < -0.3 is 9.88 Å². The lowest BCUT2D eigenvalue weighted by Crippen LogP contribution is -2.26. The van der Waals surface area contributed by atoms with E-state index in [4.69, 9.17) is 0 Å². The van der Waals surface area contributed by atoms with Crippen LogP contribution in [0.5, 0.6) is 0 Å². The van der Waals surface area contributed by atoms with Gasteiger partial charge in [-0.2, -0.15) is 0 Å². The third-order valence-electron chi connectivity index (χ3n) is 4.53. The quantitative estimate of drug-likeness (QED) is 0.828. The summed E-state index contributed by atoms with van der Waals surface area (Å²) in [6.07, 6.45) is 10.4. The van der Waals surface area contributed by atoms with E-state index < -0.39 is 0 Å². The smallest absolute Gasteiger partial charge is 0.202 e. The first kappa shape index (κ1) is 13.4. The van der Waals surface area contributed by atoms with Crippen LogP contribution >= 0.6 is 0 Å². The van der Waals surface area contributed by atoms with Gasteiger partial charge in [-0.05, 0) is 31.1 Å². The number of aryl methyl sites for hydroxylation is 1. The number of hydrogen-bond acceptors (Lipinski definition) is 2. The maximum Gasteiger partial charge on any atom is 0.202 e. The second-order valence-electron chi connectivity index (χ2n) is 5.65. The lowest BCUT2D eigenvalue weighted by molar-refractivity contribution is 0.390. The van der Waals surface area contributed by atoms with Crippen molar-refractivity contribution in [3.8, 4) is 0 Å². The van der Waals surface area contributed by atoms with Crippen LogP contribution in [-0.4, -0.2) is 15.6 Å². The van der Waals surface area contributed by atoms with E-state index in [1.54, 1.807) is 0 Å². The van der Waals surface area contributed by atoms with Crippen LogP contribution in [0.3, 0.4) is 0 Å². The van der Waals surface area contributed by atoms with Gasteiger partial charge in [0.05, 0.1) is 0 Å². The Morgan fingerprint density at radius 3 is 2.89 bits per heavy atom. The van der Waals surface area contributed by atoms with Crippen molar-refractivity contribution in [2.75, 3.05) is 5.32 Å². The number of aromatic nitrogens is 2. The fourth-order valence-electron chi connectivity index (χ4n) is 3.15. The molecule has 1 N–H and O–H groups in total. The molecule has 102 valence electrons. The Bertz CT molecular complexity index is 358. The summed E-state index contributed by atoms with van der Waals surface area (Å²) in [6.45, 7) is 8.01. The fraction of sp³-hybridized carbons (Fsp3) is 0.800. The van der Waals surface area contributed by atoms with Crippen LogP contribution in [0.25, 0.3) is 0 Å². The van der Waals surface area contributed by atoms with E-state index in [1.165, 1.54) is 32.1 Å². The molecule has 1 heterocycles. The van der Waals surface area contributed by atoms with Crippen molar-refractivity contribution in [1.29, 1.82) is 0 Å². The minimum Gasteiger partial charge on any atom is -0.353 e. The minimum absolute atomic E-state index is 0.609. The molecule has 3 unspecified atom stereocenters. The number of imidazole rings is 1. The number of nitrogens with one attached hydrogen (secondary N) is 1. The molecule has 3 heteroatoms. The zero-order chi connectivity index (χ0) is 13.0. The molecule has 0 saturated heterocycles. The molecule has 18 heavy (non-hydrogen) atoms. The number of unbranched alkanes of at least 4 members (excludes halogenated alkanes) is 1. The molecule has 0 aromatic carbocycles. The normalized spacial score (nSPS) is 27.6. The van der Waals surface area contributed by atoms with Gasteiger partial charge in [-0.3, -0.25) is 0 Å². The summed E-state index contributed by atoms with van der Waals surface area (Å²) in [6, 6.07) is 0.609. The van der Waals surface area contributed by atoms with Crippen molar-refractivity contribution in [3.05, 3.63) is 12.4 Å². The largest absolute Gasteiger partial charge is 0.353 e. The molecule has 3 atom stereocenters. The summed E-state index contributed by atoms with van der Waals surface area (Å²) in [5.74, 6) is 2.73. The van der Waals surface area contributed by atoms with Gasteiger partial charge in [-0.1, -0.05) is 33.6 Å². The minimum atomic E-state index is 0.609. The molecule has 1 aromatic rings. The third-order valence-corrected chi connectivity index (χ3v) is 4.53. The van der Waals surface area contributed by atoms with Crippen LogP contribution in [-0.2, 0) is 6.54 Å². The zero-order valence-electron chi connectivity index (χ0n) is 12.0. The monoisotopic (exact) mass is 249 g/mol.